The molecule has 1 amide bonds. The second kappa shape index (κ2) is 5.21. The lowest BCUT2D eigenvalue weighted by atomic mass is 9.95. The monoisotopic (exact) mass is 277 g/mol. The van der Waals surface area contributed by atoms with E-state index in [1.165, 1.54) is 19.3 Å². The topological polar surface area (TPSA) is 46.4 Å². The number of nitrogens with zero attached hydrogens (tertiary/aromatic N) is 2. The highest BCUT2D eigenvalue weighted by atomic mass is 35.5. The van der Waals surface area contributed by atoms with Gasteiger partial charge >= 0.3 is 0 Å². The number of carbonyl (C=O) groups excluding carboxylic acids is 1. The molecule has 1 N–H and O–H groups in total. The normalized spacial score (nSPS) is 16.7. The Morgan fingerprint density at radius 1 is 1.32 bits per heavy atom. The molecule has 0 radical (unpaired) electrons. The first kappa shape index (κ1) is 12.5. The van der Waals surface area contributed by atoms with E-state index in [1.807, 2.05) is 6.07 Å². The molecular formula is C14H16ClN3O. The first-order valence-corrected chi connectivity index (χ1v) is 7.06. The van der Waals surface area contributed by atoms with E-state index < -0.39 is 0 Å². The number of rotatable bonds is 2. The third-order valence-electron chi connectivity index (χ3n) is 3.60. The van der Waals surface area contributed by atoms with Crippen LogP contribution >= 0.6 is 11.6 Å². The molecule has 19 heavy (non-hydrogen) atoms. The van der Waals surface area contributed by atoms with Crippen LogP contribution in [0.2, 0.25) is 5.02 Å². The number of amides is 1. The Kier molecular flexibility index (Phi) is 3.42. The van der Waals surface area contributed by atoms with Crippen molar-refractivity contribution in [3.05, 3.63) is 35.1 Å². The molecule has 100 valence electrons. The fraction of sp³-hybridized carbons (Fsp3) is 0.429. The lowest BCUT2D eigenvalue weighted by Crippen LogP contribution is -2.36. The van der Waals surface area contributed by atoms with Crippen molar-refractivity contribution in [3.8, 4) is 0 Å². The Bertz CT molecular complexity index is 602. The summed E-state index contributed by atoms with van der Waals surface area (Å²) in [6.07, 6.45) is 7.53. The Morgan fingerprint density at radius 2 is 2.11 bits per heavy atom. The van der Waals surface area contributed by atoms with Crippen molar-refractivity contribution in [2.45, 2.75) is 38.1 Å². The van der Waals surface area contributed by atoms with Crippen molar-refractivity contribution in [2.75, 3.05) is 0 Å². The number of carbonyl (C=O) groups is 1. The minimum atomic E-state index is -0.0910. The molecule has 1 fully saturated rings. The first-order valence-electron chi connectivity index (χ1n) is 6.68. The number of fused-ring (bicyclic) bond motifs is 1. The number of nitrogens with one attached hydrogen (secondary N) is 1. The van der Waals surface area contributed by atoms with Gasteiger partial charge in [-0.2, -0.15) is 5.10 Å². The molecular weight excluding hydrogens is 262 g/mol. The summed E-state index contributed by atoms with van der Waals surface area (Å²) in [6, 6.07) is 5.73. The van der Waals surface area contributed by atoms with Crippen LogP contribution in [0.25, 0.3) is 5.52 Å². The van der Waals surface area contributed by atoms with Crippen molar-refractivity contribution in [1.29, 1.82) is 0 Å². The highest BCUT2D eigenvalue weighted by Gasteiger charge is 2.18. The van der Waals surface area contributed by atoms with Crippen molar-refractivity contribution in [1.82, 2.24) is 14.9 Å². The molecule has 0 atom stereocenters. The summed E-state index contributed by atoms with van der Waals surface area (Å²) in [5.41, 5.74) is 1.33. The van der Waals surface area contributed by atoms with Crippen LogP contribution in [0.15, 0.2) is 24.4 Å². The first-order chi connectivity index (χ1) is 9.22. The quantitative estimate of drug-likeness (QED) is 0.917. The van der Waals surface area contributed by atoms with Gasteiger partial charge in [-0.15, -0.1) is 0 Å². The molecule has 5 heteroatoms. The maximum Gasteiger partial charge on any atom is 0.272 e. The summed E-state index contributed by atoms with van der Waals surface area (Å²) < 4.78 is 1.64. The lowest BCUT2D eigenvalue weighted by molar-refractivity contribution is 0.0922. The number of halogens is 1. The van der Waals surface area contributed by atoms with Crippen LogP contribution in [0.5, 0.6) is 0 Å². The second-order valence-corrected chi connectivity index (χ2v) is 5.49. The van der Waals surface area contributed by atoms with Gasteiger partial charge in [-0.25, -0.2) is 4.52 Å². The summed E-state index contributed by atoms with van der Waals surface area (Å²) in [6.45, 7) is 0. The predicted octanol–water partition coefficient (Wildman–Crippen LogP) is 3.05. The highest BCUT2D eigenvalue weighted by molar-refractivity contribution is 6.30. The zero-order valence-corrected chi connectivity index (χ0v) is 11.4. The molecule has 0 bridgehead atoms. The van der Waals surface area contributed by atoms with Gasteiger partial charge < -0.3 is 5.32 Å². The van der Waals surface area contributed by atoms with E-state index >= 15 is 0 Å². The van der Waals surface area contributed by atoms with E-state index in [0.29, 0.717) is 16.8 Å². The Labute approximate surface area is 116 Å². The smallest absolute Gasteiger partial charge is 0.272 e. The molecule has 1 aliphatic rings. The SMILES string of the molecule is O=C(NC1CCCCC1)c1cc2ccc(Cl)cn2n1. The summed E-state index contributed by atoms with van der Waals surface area (Å²) >= 11 is 5.90. The van der Waals surface area contributed by atoms with E-state index in [4.69, 9.17) is 11.6 Å². The van der Waals surface area contributed by atoms with Gasteiger partial charge in [0.05, 0.1) is 10.5 Å². The van der Waals surface area contributed by atoms with Crippen LogP contribution in [-0.4, -0.2) is 21.6 Å². The Balaban J connectivity index is 1.77. The van der Waals surface area contributed by atoms with Crippen LogP contribution in [0.4, 0.5) is 0 Å². The van der Waals surface area contributed by atoms with Gasteiger partial charge in [-0.3, -0.25) is 4.79 Å². The molecule has 2 aromatic heterocycles. The zero-order chi connectivity index (χ0) is 13.2. The molecule has 0 spiro atoms. The number of pyridine rings is 1. The molecule has 4 nitrogen and oxygen atoms in total. The average molecular weight is 278 g/mol. The third-order valence-corrected chi connectivity index (χ3v) is 3.82. The minimum absolute atomic E-state index is 0.0910. The summed E-state index contributed by atoms with van der Waals surface area (Å²) in [5, 5.41) is 7.93. The molecule has 0 aliphatic heterocycles. The van der Waals surface area contributed by atoms with Crippen LogP contribution in [0.1, 0.15) is 42.6 Å². The molecule has 3 rings (SSSR count). The van der Waals surface area contributed by atoms with Gasteiger partial charge in [0.15, 0.2) is 5.69 Å². The fourth-order valence-electron chi connectivity index (χ4n) is 2.58. The number of hydrogen-bond acceptors (Lipinski definition) is 2. The summed E-state index contributed by atoms with van der Waals surface area (Å²) in [4.78, 5) is 12.1. The van der Waals surface area contributed by atoms with Crippen LogP contribution in [0.3, 0.4) is 0 Å². The molecule has 0 saturated heterocycles. The molecule has 1 aliphatic carbocycles. The number of hydrogen-bond donors (Lipinski definition) is 1. The van der Waals surface area contributed by atoms with Crippen LogP contribution < -0.4 is 5.32 Å². The van der Waals surface area contributed by atoms with E-state index in [-0.39, 0.29) is 5.91 Å². The maximum atomic E-state index is 12.1. The summed E-state index contributed by atoms with van der Waals surface area (Å²) in [5.74, 6) is -0.0910. The highest BCUT2D eigenvalue weighted by Crippen LogP contribution is 2.18. The van der Waals surface area contributed by atoms with E-state index in [2.05, 4.69) is 10.4 Å². The predicted molar refractivity (Wildman–Crippen MR) is 74.5 cm³/mol. The molecule has 1 saturated carbocycles. The van der Waals surface area contributed by atoms with Gasteiger partial charge in [0.1, 0.15) is 0 Å². The van der Waals surface area contributed by atoms with E-state index in [0.717, 1.165) is 18.4 Å². The van der Waals surface area contributed by atoms with Gasteiger partial charge in [0.25, 0.3) is 5.91 Å². The largest absolute Gasteiger partial charge is 0.348 e. The van der Waals surface area contributed by atoms with Gasteiger partial charge in [0.2, 0.25) is 0 Å². The second-order valence-electron chi connectivity index (χ2n) is 5.05. The van der Waals surface area contributed by atoms with Gasteiger partial charge in [0, 0.05) is 12.2 Å². The van der Waals surface area contributed by atoms with Crippen molar-refractivity contribution >= 4 is 23.0 Å². The van der Waals surface area contributed by atoms with E-state index in [9.17, 15) is 4.79 Å². The molecule has 2 heterocycles. The Hall–Kier alpha value is -1.55. The standard InChI is InChI=1S/C14H16ClN3O/c15-10-6-7-12-8-13(17-18(12)9-10)14(19)16-11-4-2-1-3-5-11/h6-9,11H,1-5H2,(H,16,19). The maximum absolute atomic E-state index is 12.1. The Morgan fingerprint density at radius 3 is 2.89 bits per heavy atom. The third kappa shape index (κ3) is 2.73. The van der Waals surface area contributed by atoms with Crippen molar-refractivity contribution in [2.24, 2.45) is 0 Å². The summed E-state index contributed by atoms with van der Waals surface area (Å²) in [7, 11) is 0. The lowest BCUT2D eigenvalue weighted by Gasteiger charge is -2.22. The zero-order valence-electron chi connectivity index (χ0n) is 10.6. The van der Waals surface area contributed by atoms with Crippen molar-refractivity contribution < 1.29 is 4.79 Å². The average Bonchev–Trinajstić information content (AvgIpc) is 2.83. The van der Waals surface area contributed by atoms with Gasteiger partial charge in [-0.05, 0) is 31.0 Å². The van der Waals surface area contributed by atoms with Crippen LogP contribution in [0, 0.1) is 0 Å². The van der Waals surface area contributed by atoms with Crippen molar-refractivity contribution in [3.63, 3.8) is 0 Å². The van der Waals surface area contributed by atoms with Gasteiger partial charge in [-0.1, -0.05) is 30.9 Å². The fourth-order valence-corrected chi connectivity index (χ4v) is 2.73. The molecule has 0 aromatic carbocycles. The number of aromatic nitrogens is 2. The van der Waals surface area contributed by atoms with E-state index in [1.54, 1.807) is 22.8 Å². The molecule has 0 unspecified atom stereocenters. The minimum Gasteiger partial charge on any atom is -0.348 e. The molecule has 2 aromatic rings. The van der Waals surface area contributed by atoms with Crippen LogP contribution in [-0.2, 0) is 0 Å².